The van der Waals surface area contributed by atoms with E-state index in [2.05, 4.69) is 0 Å². The van der Waals surface area contributed by atoms with Gasteiger partial charge in [0.15, 0.2) is 0 Å². The maximum absolute atomic E-state index is 13.3. The number of methoxy groups -OCH3 is 1. The molecule has 0 saturated heterocycles. The van der Waals surface area contributed by atoms with E-state index in [9.17, 15) is 13.2 Å². The molecule has 0 bridgehead atoms. The molecule has 144 valence electrons. The number of fused-ring (bicyclic) bond motifs is 1. The molecule has 9 heteroatoms. The Balaban J connectivity index is 2.16. The third kappa shape index (κ3) is 3.69. The van der Waals surface area contributed by atoms with Crippen molar-refractivity contribution in [1.82, 2.24) is 5.48 Å². The number of ether oxygens (including phenoxy) is 2. The molecule has 0 saturated carbocycles. The van der Waals surface area contributed by atoms with Crippen molar-refractivity contribution >= 4 is 21.6 Å². The van der Waals surface area contributed by atoms with E-state index < -0.39 is 15.9 Å². The zero-order valence-corrected chi connectivity index (χ0v) is 15.5. The van der Waals surface area contributed by atoms with E-state index in [1.165, 1.54) is 25.3 Å². The highest BCUT2D eigenvalue weighted by Crippen LogP contribution is 2.37. The summed E-state index contributed by atoms with van der Waals surface area (Å²) in [4.78, 5) is 12.2. The molecule has 1 amide bonds. The van der Waals surface area contributed by atoms with Gasteiger partial charge in [0.05, 0.1) is 24.2 Å². The molecular formula is C18H20N2O6S. The fourth-order valence-corrected chi connectivity index (χ4v) is 4.44. The third-order valence-electron chi connectivity index (χ3n) is 4.26. The van der Waals surface area contributed by atoms with Crippen LogP contribution >= 0.6 is 0 Å². The molecule has 0 unspecified atom stereocenters. The Labute approximate surface area is 157 Å². The van der Waals surface area contributed by atoms with Gasteiger partial charge in [-0.2, -0.15) is 0 Å². The highest BCUT2D eigenvalue weighted by Gasteiger charge is 2.32. The average Bonchev–Trinajstić information content (AvgIpc) is 2.67. The van der Waals surface area contributed by atoms with Gasteiger partial charge in [0, 0.05) is 6.54 Å². The van der Waals surface area contributed by atoms with Crippen LogP contribution in [-0.2, 0) is 10.0 Å². The number of carbonyl (C=O) groups excluding carboxylic acids is 1. The quantitative estimate of drug-likeness (QED) is 0.610. The second-order valence-corrected chi connectivity index (χ2v) is 7.76. The summed E-state index contributed by atoms with van der Waals surface area (Å²) >= 11 is 0. The van der Waals surface area contributed by atoms with E-state index >= 15 is 0 Å². The molecule has 0 fully saturated rings. The Bertz CT molecular complexity index is 927. The van der Waals surface area contributed by atoms with Crippen molar-refractivity contribution in [3.63, 3.8) is 0 Å². The average molecular weight is 392 g/mol. The van der Waals surface area contributed by atoms with Crippen LogP contribution in [0.25, 0.3) is 0 Å². The van der Waals surface area contributed by atoms with Gasteiger partial charge in [-0.15, -0.1) is 0 Å². The minimum absolute atomic E-state index is 0.00832. The number of hydrogen-bond acceptors (Lipinski definition) is 6. The molecule has 2 N–H and O–H groups in total. The van der Waals surface area contributed by atoms with Crippen molar-refractivity contribution < 1.29 is 27.9 Å². The number of amides is 1. The van der Waals surface area contributed by atoms with E-state index in [-0.39, 0.29) is 28.4 Å². The minimum Gasteiger partial charge on any atom is -0.497 e. The molecule has 1 aliphatic rings. The zero-order chi connectivity index (χ0) is 19.4. The van der Waals surface area contributed by atoms with Crippen LogP contribution in [0, 0.1) is 0 Å². The number of benzene rings is 2. The number of para-hydroxylation sites is 1. The number of anilines is 1. The summed E-state index contributed by atoms with van der Waals surface area (Å²) < 4.78 is 38.5. The lowest BCUT2D eigenvalue weighted by atomic mass is 10.1. The smallest absolute Gasteiger partial charge is 0.276 e. The number of sulfonamides is 1. The molecule has 2 aromatic rings. The molecule has 3 rings (SSSR count). The fourth-order valence-electron chi connectivity index (χ4n) is 2.91. The monoisotopic (exact) mass is 392 g/mol. The first kappa shape index (κ1) is 19.0. The van der Waals surface area contributed by atoms with E-state index in [0.717, 1.165) is 4.31 Å². The van der Waals surface area contributed by atoms with Crippen LogP contribution in [0.2, 0.25) is 0 Å². The third-order valence-corrected chi connectivity index (χ3v) is 6.07. The summed E-state index contributed by atoms with van der Waals surface area (Å²) in [6, 6.07) is 10.6. The Kier molecular flexibility index (Phi) is 5.52. The van der Waals surface area contributed by atoms with Crippen LogP contribution in [0.5, 0.6) is 11.5 Å². The molecule has 0 aliphatic carbocycles. The lowest BCUT2D eigenvalue weighted by Gasteiger charge is -2.30. The van der Waals surface area contributed by atoms with E-state index in [0.29, 0.717) is 25.2 Å². The molecule has 1 aliphatic heterocycles. The van der Waals surface area contributed by atoms with Crippen molar-refractivity contribution in [2.75, 3.05) is 24.6 Å². The Hall–Kier alpha value is -2.78. The van der Waals surface area contributed by atoms with Gasteiger partial charge in [0.2, 0.25) is 0 Å². The highest BCUT2D eigenvalue weighted by atomic mass is 32.2. The summed E-state index contributed by atoms with van der Waals surface area (Å²) in [5.41, 5.74) is 1.68. The van der Waals surface area contributed by atoms with Crippen LogP contribution in [0.4, 0.5) is 5.69 Å². The van der Waals surface area contributed by atoms with Gasteiger partial charge in [-0.25, -0.2) is 13.9 Å². The molecule has 0 aromatic heterocycles. The molecule has 0 atom stereocenters. The summed E-state index contributed by atoms with van der Waals surface area (Å²) in [6.45, 7) is 0.591. The van der Waals surface area contributed by atoms with Crippen molar-refractivity contribution in [2.45, 2.75) is 17.7 Å². The molecule has 0 spiro atoms. The predicted octanol–water partition coefficient (Wildman–Crippen LogP) is 2.18. The first-order valence-corrected chi connectivity index (χ1v) is 9.80. The largest absolute Gasteiger partial charge is 0.497 e. The Morgan fingerprint density at radius 1 is 1.19 bits per heavy atom. The molecule has 27 heavy (non-hydrogen) atoms. The Morgan fingerprint density at radius 2 is 1.93 bits per heavy atom. The predicted molar refractivity (Wildman–Crippen MR) is 97.9 cm³/mol. The van der Waals surface area contributed by atoms with Crippen molar-refractivity contribution in [3.8, 4) is 11.5 Å². The maximum Gasteiger partial charge on any atom is 0.276 e. The van der Waals surface area contributed by atoms with Crippen LogP contribution < -0.4 is 19.3 Å². The lowest BCUT2D eigenvalue weighted by molar-refractivity contribution is 0.0706. The minimum atomic E-state index is -3.97. The van der Waals surface area contributed by atoms with Gasteiger partial charge in [-0.05, 0) is 49.2 Å². The van der Waals surface area contributed by atoms with Gasteiger partial charge in [0.1, 0.15) is 17.2 Å². The molecule has 0 radical (unpaired) electrons. The normalized spacial score (nSPS) is 14.4. The van der Waals surface area contributed by atoms with Crippen LogP contribution in [0.3, 0.4) is 0 Å². The van der Waals surface area contributed by atoms with Crippen LogP contribution in [0.1, 0.15) is 23.2 Å². The van der Waals surface area contributed by atoms with Crippen LogP contribution in [-0.4, -0.2) is 39.8 Å². The summed E-state index contributed by atoms with van der Waals surface area (Å²) in [6.07, 6.45) is 1.23. The van der Waals surface area contributed by atoms with Crippen molar-refractivity contribution in [3.05, 3.63) is 48.0 Å². The first-order chi connectivity index (χ1) is 13.0. The molecular weight excluding hydrogens is 372 g/mol. The van der Waals surface area contributed by atoms with Gasteiger partial charge >= 0.3 is 0 Å². The van der Waals surface area contributed by atoms with Crippen LogP contribution in [0.15, 0.2) is 47.4 Å². The zero-order valence-electron chi connectivity index (χ0n) is 14.7. The highest BCUT2D eigenvalue weighted by molar-refractivity contribution is 7.92. The van der Waals surface area contributed by atoms with E-state index in [1.807, 2.05) is 0 Å². The standard InChI is InChI=1S/C18H20N2O6S/c1-25-13-7-9-14(10-8-13)27(23,24)20-11-2-3-12-26-16-6-4-5-15(17(16)20)18(21)19-22/h4-10,22H,2-3,11-12H2,1H3,(H,19,21). The number of carbonyl (C=O) groups is 1. The molecule has 2 aromatic carbocycles. The van der Waals surface area contributed by atoms with E-state index in [4.69, 9.17) is 14.7 Å². The van der Waals surface area contributed by atoms with Gasteiger partial charge in [0.25, 0.3) is 15.9 Å². The fraction of sp³-hybridized carbons (Fsp3) is 0.278. The summed E-state index contributed by atoms with van der Waals surface area (Å²) in [5.74, 6) is -0.00969. The topological polar surface area (TPSA) is 105 Å². The van der Waals surface area contributed by atoms with Gasteiger partial charge in [-0.3, -0.25) is 14.3 Å². The van der Waals surface area contributed by atoms with Crippen molar-refractivity contribution in [2.24, 2.45) is 0 Å². The Morgan fingerprint density at radius 3 is 2.59 bits per heavy atom. The maximum atomic E-state index is 13.3. The van der Waals surface area contributed by atoms with Gasteiger partial charge < -0.3 is 9.47 Å². The van der Waals surface area contributed by atoms with Gasteiger partial charge in [-0.1, -0.05) is 6.07 Å². The second-order valence-electron chi connectivity index (χ2n) is 5.90. The lowest BCUT2D eigenvalue weighted by Crippen LogP contribution is -2.35. The van der Waals surface area contributed by atoms with E-state index in [1.54, 1.807) is 29.7 Å². The SMILES string of the molecule is COc1ccc(S(=O)(=O)N2CCCCOc3cccc(C(=O)NO)c32)cc1. The number of hydrogen-bond donors (Lipinski definition) is 2. The summed E-state index contributed by atoms with van der Waals surface area (Å²) in [7, 11) is -2.47. The molecule has 1 heterocycles. The number of rotatable bonds is 4. The summed E-state index contributed by atoms with van der Waals surface area (Å²) in [5, 5.41) is 9.06. The first-order valence-electron chi connectivity index (χ1n) is 8.36. The number of nitrogens with one attached hydrogen (secondary N) is 1. The second kappa shape index (κ2) is 7.85. The number of nitrogens with zero attached hydrogens (tertiary/aromatic N) is 1. The van der Waals surface area contributed by atoms with Crippen molar-refractivity contribution in [1.29, 1.82) is 0 Å². The number of hydroxylamine groups is 1. The molecule has 8 nitrogen and oxygen atoms in total.